The van der Waals surface area contributed by atoms with E-state index in [0.29, 0.717) is 0 Å². The Balaban J connectivity index is 0.00000180. The Labute approximate surface area is 117 Å². The highest BCUT2D eigenvalue weighted by Gasteiger charge is 2.25. The first kappa shape index (κ1) is 15.9. The first-order chi connectivity index (χ1) is 8.59. The van der Waals surface area contributed by atoms with Crippen LogP contribution in [0.5, 0.6) is 0 Å². The number of carbonyl (C=O) groups is 1. The van der Waals surface area contributed by atoms with Crippen LogP contribution in [0.25, 0.3) is 0 Å². The standard InChI is InChI=1S/C13H16F2N2O.ClH/c1-8(12-9(14)4-2-5-10(12)15)17-13(18)11-6-3-7-16-11;/h2,4-5,8,11,16H,3,6-7H2,1H3,(H,17,18);1H. The highest BCUT2D eigenvalue weighted by molar-refractivity contribution is 5.85. The van der Waals surface area contributed by atoms with E-state index in [4.69, 9.17) is 0 Å². The third-order valence-corrected chi connectivity index (χ3v) is 3.17. The largest absolute Gasteiger partial charge is 0.348 e. The Morgan fingerprint density at radius 3 is 2.58 bits per heavy atom. The molecule has 2 atom stereocenters. The summed E-state index contributed by atoms with van der Waals surface area (Å²) in [5, 5.41) is 5.68. The van der Waals surface area contributed by atoms with Crippen LogP contribution in [0.3, 0.4) is 0 Å². The molecule has 106 valence electrons. The summed E-state index contributed by atoms with van der Waals surface area (Å²) in [4.78, 5) is 11.8. The normalized spacial score (nSPS) is 19.6. The maximum atomic E-state index is 13.5. The van der Waals surface area contributed by atoms with E-state index in [1.165, 1.54) is 18.2 Å². The van der Waals surface area contributed by atoms with Gasteiger partial charge in [-0.05, 0) is 38.4 Å². The van der Waals surface area contributed by atoms with Gasteiger partial charge in [0.15, 0.2) is 0 Å². The number of nitrogens with one attached hydrogen (secondary N) is 2. The maximum Gasteiger partial charge on any atom is 0.237 e. The first-order valence-electron chi connectivity index (χ1n) is 6.07. The fourth-order valence-electron chi connectivity index (χ4n) is 2.22. The molecule has 0 radical (unpaired) electrons. The highest BCUT2D eigenvalue weighted by Crippen LogP contribution is 2.20. The fourth-order valence-corrected chi connectivity index (χ4v) is 2.22. The molecule has 0 aliphatic carbocycles. The van der Waals surface area contributed by atoms with E-state index in [2.05, 4.69) is 10.6 Å². The van der Waals surface area contributed by atoms with Crippen LogP contribution >= 0.6 is 12.4 Å². The molecule has 1 aliphatic heterocycles. The third kappa shape index (κ3) is 3.64. The first-order valence-corrected chi connectivity index (χ1v) is 6.07. The van der Waals surface area contributed by atoms with Crippen molar-refractivity contribution in [3.63, 3.8) is 0 Å². The number of hydrogen-bond acceptors (Lipinski definition) is 2. The molecule has 1 fully saturated rings. The minimum Gasteiger partial charge on any atom is -0.348 e. The van der Waals surface area contributed by atoms with Crippen molar-refractivity contribution in [1.82, 2.24) is 10.6 Å². The molecule has 1 aliphatic rings. The molecular formula is C13H17ClF2N2O. The molecule has 0 aromatic heterocycles. The summed E-state index contributed by atoms with van der Waals surface area (Å²) in [6, 6.07) is 2.76. The van der Waals surface area contributed by atoms with E-state index in [1.807, 2.05) is 0 Å². The molecule has 0 saturated carbocycles. The van der Waals surface area contributed by atoms with E-state index in [1.54, 1.807) is 6.92 Å². The molecule has 0 bridgehead atoms. The predicted octanol–water partition coefficient (Wildman–Crippen LogP) is 2.32. The monoisotopic (exact) mass is 290 g/mol. The molecular weight excluding hydrogens is 274 g/mol. The molecule has 3 nitrogen and oxygen atoms in total. The molecule has 1 aromatic carbocycles. The van der Waals surface area contributed by atoms with E-state index in [-0.39, 0.29) is 29.9 Å². The van der Waals surface area contributed by atoms with Gasteiger partial charge < -0.3 is 10.6 Å². The van der Waals surface area contributed by atoms with Crippen LogP contribution < -0.4 is 10.6 Å². The number of amides is 1. The van der Waals surface area contributed by atoms with Gasteiger partial charge in [-0.25, -0.2) is 8.78 Å². The van der Waals surface area contributed by atoms with Crippen LogP contribution in [0.15, 0.2) is 18.2 Å². The van der Waals surface area contributed by atoms with Gasteiger partial charge in [0.2, 0.25) is 5.91 Å². The molecule has 1 saturated heterocycles. The summed E-state index contributed by atoms with van der Waals surface area (Å²) in [6.07, 6.45) is 1.71. The van der Waals surface area contributed by atoms with Crippen molar-refractivity contribution in [1.29, 1.82) is 0 Å². The van der Waals surface area contributed by atoms with E-state index >= 15 is 0 Å². The topological polar surface area (TPSA) is 41.1 Å². The van der Waals surface area contributed by atoms with Crippen LogP contribution in [0.2, 0.25) is 0 Å². The number of benzene rings is 1. The zero-order valence-corrected chi connectivity index (χ0v) is 11.4. The van der Waals surface area contributed by atoms with E-state index in [0.717, 1.165) is 19.4 Å². The summed E-state index contributed by atoms with van der Waals surface area (Å²) in [5.41, 5.74) is -0.0937. The van der Waals surface area contributed by atoms with Gasteiger partial charge in [0.05, 0.1) is 12.1 Å². The molecule has 2 N–H and O–H groups in total. The lowest BCUT2D eigenvalue weighted by Crippen LogP contribution is -2.41. The van der Waals surface area contributed by atoms with Crippen molar-refractivity contribution in [2.75, 3.05) is 6.54 Å². The van der Waals surface area contributed by atoms with Gasteiger partial charge in [0.25, 0.3) is 0 Å². The molecule has 6 heteroatoms. The van der Waals surface area contributed by atoms with Crippen molar-refractivity contribution in [3.8, 4) is 0 Å². The van der Waals surface area contributed by atoms with Gasteiger partial charge in [0, 0.05) is 5.56 Å². The maximum absolute atomic E-state index is 13.5. The molecule has 2 unspecified atom stereocenters. The number of rotatable bonds is 3. The summed E-state index contributed by atoms with van der Waals surface area (Å²) >= 11 is 0. The lowest BCUT2D eigenvalue weighted by molar-refractivity contribution is -0.123. The number of carbonyl (C=O) groups excluding carboxylic acids is 1. The van der Waals surface area contributed by atoms with Gasteiger partial charge in [0.1, 0.15) is 11.6 Å². The molecule has 1 aromatic rings. The Morgan fingerprint density at radius 2 is 2.05 bits per heavy atom. The lowest BCUT2D eigenvalue weighted by Gasteiger charge is -2.18. The predicted molar refractivity (Wildman–Crippen MR) is 71.2 cm³/mol. The Kier molecular flexibility index (Phi) is 5.69. The van der Waals surface area contributed by atoms with Crippen molar-refractivity contribution < 1.29 is 13.6 Å². The average Bonchev–Trinajstić information content (AvgIpc) is 2.81. The zero-order valence-electron chi connectivity index (χ0n) is 10.6. The smallest absolute Gasteiger partial charge is 0.237 e. The summed E-state index contributed by atoms with van der Waals surface area (Å²) in [7, 11) is 0. The van der Waals surface area contributed by atoms with Gasteiger partial charge in [-0.2, -0.15) is 0 Å². The van der Waals surface area contributed by atoms with Crippen LogP contribution in [-0.2, 0) is 4.79 Å². The van der Waals surface area contributed by atoms with Crippen LogP contribution in [0, 0.1) is 11.6 Å². The van der Waals surface area contributed by atoms with Crippen molar-refractivity contribution >= 4 is 18.3 Å². The Morgan fingerprint density at radius 1 is 1.42 bits per heavy atom. The SMILES string of the molecule is CC(NC(=O)C1CCCN1)c1c(F)cccc1F.Cl. The molecule has 2 rings (SSSR count). The number of halogens is 3. The second-order valence-corrected chi connectivity index (χ2v) is 4.51. The van der Waals surface area contributed by atoms with Crippen LogP contribution in [0.1, 0.15) is 31.4 Å². The van der Waals surface area contributed by atoms with Crippen LogP contribution in [-0.4, -0.2) is 18.5 Å². The van der Waals surface area contributed by atoms with Crippen LogP contribution in [0.4, 0.5) is 8.78 Å². The number of hydrogen-bond donors (Lipinski definition) is 2. The Bertz CT molecular complexity index is 430. The highest BCUT2D eigenvalue weighted by atomic mass is 35.5. The zero-order chi connectivity index (χ0) is 13.1. The molecule has 0 spiro atoms. The fraction of sp³-hybridized carbons (Fsp3) is 0.462. The molecule has 1 amide bonds. The lowest BCUT2D eigenvalue weighted by atomic mass is 10.1. The Hall–Kier alpha value is -1.20. The summed E-state index contributed by atoms with van der Waals surface area (Å²) < 4.78 is 27.0. The quantitative estimate of drug-likeness (QED) is 0.897. The second-order valence-electron chi connectivity index (χ2n) is 4.51. The summed E-state index contributed by atoms with van der Waals surface area (Å²) in [6.45, 7) is 2.38. The minimum atomic E-state index is -0.680. The van der Waals surface area contributed by atoms with Crippen molar-refractivity contribution in [2.45, 2.75) is 31.8 Å². The third-order valence-electron chi connectivity index (χ3n) is 3.17. The van der Waals surface area contributed by atoms with Gasteiger partial charge in [-0.15, -0.1) is 12.4 Å². The molecule has 1 heterocycles. The second kappa shape index (κ2) is 6.82. The van der Waals surface area contributed by atoms with Gasteiger partial charge in [-0.3, -0.25) is 4.79 Å². The van der Waals surface area contributed by atoms with E-state index in [9.17, 15) is 13.6 Å². The van der Waals surface area contributed by atoms with Gasteiger partial charge >= 0.3 is 0 Å². The average molecular weight is 291 g/mol. The van der Waals surface area contributed by atoms with Gasteiger partial charge in [-0.1, -0.05) is 6.07 Å². The molecule has 19 heavy (non-hydrogen) atoms. The van der Waals surface area contributed by atoms with E-state index < -0.39 is 17.7 Å². The minimum absolute atomic E-state index is 0. The summed E-state index contributed by atoms with van der Waals surface area (Å²) in [5.74, 6) is -1.48. The van der Waals surface area contributed by atoms with Crippen molar-refractivity contribution in [2.24, 2.45) is 0 Å². The van der Waals surface area contributed by atoms with Crippen molar-refractivity contribution in [3.05, 3.63) is 35.4 Å².